The van der Waals surface area contributed by atoms with Crippen molar-refractivity contribution >= 4 is 28.5 Å². The predicted molar refractivity (Wildman–Crippen MR) is 153 cm³/mol. The minimum absolute atomic E-state index is 0.0496. The monoisotopic (exact) mass is 668 g/mol. The first-order chi connectivity index (χ1) is 21.9. The molecule has 5 rings (SSSR count). The Hall–Kier alpha value is -5.02. The van der Waals surface area contributed by atoms with E-state index in [9.17, 15) is 54.6 Å². The van der Waals surface area contributed by atoms with Crippen molar-refractivity contribution in [3.63, 3.8) is 0 Å². The van der Waals surface area contributed by atoms with Gasteiger partial charge in [0.25, 0.3) is 11.5 Å². The molecule has 0 radical (unpaired) electrons. The van der Waals surface area contributed by atoms with Gasteiger partial charge in [0.1, 0.15) is 29.3 Å². The number of fused-ring (bicyclic) bond motifs is 1. The molecule has 248 valence electrons. The summed E-state index contributed by atoms with van der Waals surface area (Å²) in [6.45, 7) is 1.20. The van der Waals surface area contributed by atoms with Crippen LogP contribution in [0.3, 0.4) is 0 Å². The lowest BCUT2D eigenvalue weighted by atomic mass is 9.93. The molecule has 1 amide bonds. The van der Waals surface area contributed by atoms with Crippen LogP contribution in [0.5, 0.6) is 0 Å². The number of benzene rings is 2. The van der Waals surface area contributed by atoms with Crippen molar-refractivity contribution in [3.05, 3.63) is 93.0 Å². The zero-order valence-corrected chi connectivity index (χ0v) is 24.4. The van der Waals surface area contributed by atoms with E-state index in [1.807, 2.05) is 5.32 Å². The van der Waals surface area contributed by atoms with E-state index in [-0.39, 0.29) is 40.7 Å². The molecule has 3 heterocycles. The molecule has 47 heavy (non-hydrogen) atoms. The van der Waals surface area contributed by atoms with Gasteiger partial charge in [-0.2, -0.15) is 26.3 Å². The van der Waals surface area contributed by atoms with E-state index >= 15 is 0 Å². The number of nitrogens with zero attached hydrogens (tertiary/aromatic N) is 3. The summed E-state index contributed by atoms with van der Waals surface area (Å²) >= 11 is 0. The number of aryl methyl sites for hydroxylation is 1. The van der Waals surface area contributed by atoms with Gasteiger partial charge < -0.3 is 19.9 Å². The topological polar surface area (TPSA) is 105 Å². The number of carboxylic acids is 1. The average molecular weight is 669 g/mol. The first kappa shape index (κ1) is 33.3. The van der Waals surface area contributed by atoms with Gasteiger partial charge in [-0.3, -0.25) is 14.6 Å². The summed E-state index contributed by atoms with van der Waals surface area (Å²) in [4.78, 5) is 43.0. The van der Waals surface area contributed by atoms with Gasteiger partial charge in [-0.25, -0.2) is 13.6 Å². The van der Waals surface area contributed by atoms with Gasteiger partial charge in [-0.1, -0.05) is 18.2 Å². The van der Waals surface area contributed by atoms with E-state index in [4.69, 9.17) is 0 Å². The summed E-state index contributed by atoms with van der Waals surface area (Å²) in [5.41, 5.74) is -4.58. The minimum Gasteiger partial charge on any atom is -0.480 e. The number of alkyl halides is 6. The van der Waals surface area contributed by atoms with Crippen LogP contribution in [0, 0.1) is 18.6 Å². The molecule has 1 saturated heterocycles. The fourth-order valence-corrected chi connectivity index (χ4v) is 5.55. The molecule has 1 fully saturated rings. The number of hydrogen-bond donors (Lipinski definition) is 2. The van der Waals surface area contributed by atoms with Gasteiger partial charge >= 0.3 is 18.3 Å². The summed E-state index contributed by atoms with van der Waals surface area (Å²) in [5, 5.41) is 12.0. The van der Waals surface area contributed by atoms with Gasteiger partial charge in [0.2, 0.25) is 0 Å². The summed E-state index contributed by atoms with van der Waals surface area (Å²) in [6, 6.07) is 3.36. The Balaban J connectivity index is 1.48. The fourth-order valence-electron chi connectivity index (χ4n) is 5.55. The zero-order valence-electron chi connectivity index (χ0n) is 24.4. The van der Waals surface area contributed by atoms with Crippen LogP contribution in [0.15, 0.2) is 53.5 Å². The highest BCUT2D eigenvalue weighted by Gasteiger charge is 2.49. The highest BCUT2D eigenvalue weighted by molar-refractivity contribution is 5.99. The van der Waals surface area contributed by atoms with Crippen molar-refractivity contribution in [1.82, 2.24) is 14.9 Å². The SMILES string of the molecule is Cc1cc(C(F)(F)F)c(-c2ccc(C[C@H](NC(=O)c3c(F)cc(N4CC[C@H]4C(F)(F)F)cc3F)C(=O)O)c3cccnc23)c(=O)n1C. The second-order valence-electron chi connectivity index (χ2n) is 11.0. The number of aliphatic carboxylic acids is 1. The van der Waals surface area contributed by atoms with E-state index < -0.39 is 82.3 Å². The third-order valence-electron chi connectivity index (χ3n) is 8.12. The van der Waals surface area contributed by atoms with Gasteiger partial charge in [-0.15, -0.1) is 0 Å². The van der Waals surface area contributed by atoms with Crippen LogP contribution in [0.25, 0.3) is 22.0 Å². The standard InChI is InChI=1S/C31H24F8N4O4/c1-14-10-19(30(34,35)36)24(28(45)42(14)2)18-6-5-15(17-4-3-8-40-26(17)18)11-22(29(46)47)41-27(44)25-20(32)12-16(13-21(25)33)43-9-7-23(43)31(37,38)39/h3-6,8,10,12-13,22-23H,7,9,11H2,1-2H3,(H,41,44)(H,46,47)/t22-,23-/m0/s1. The summed E-state index contributed by atoms with van der Waals surface area (Å²) in [5.74, 6) is -6.19. The van der Waals surface area contributed by atoms with Gasteiger partial charge in [-0.05, 0) is 43.2 Å². The normalized spacial score (nSPS) is 15.8. The fraction of sp³-hybridized carbons (Fsp3) is 0.290. The molecule has 0 spiro atoms. The lowest BCUT2D eigenvalue weighted by Crippen LogP contribution is -2.56. The van der Waals surface area contributed by atoms with Gasteiger partial charge in [0.15, 0.2) is 0 Å². The van der Waals surface area contributed by atoms with Crippen molar-refractivity contribution < 1.29 is 49.8 Å². The van der Waals surface area contributed by atoms with E-state index in [0.717, 1.165) is 21.6 Å². The molecule has 0 saturated carbocycles. The molecule has 2 N–H and O–H groups in total. The van der Waals surface area contributed by atoms with Gasteiger partial charge in [0, 0.05) is 48.5 Å². The summed E-state index contributed by atoms with van der Waals surface area (Å²) in [7, 11) is 1.30. The number of anilines is 1. The van der Waals surface area contributed by atoms with Crippen LogP contribution in [-0.2, 0) is 24.4 Å². The van der Waals surface area contributed by atoms with Crippen LogP contribution in [-0.4, -0.2) is 51.3 Å². The number of carboxylic acid groups (broad SMARTS) is 1. The van der Waals surface area contributed by atoms with E-state index in [2.05, 4.69) is 4.98 Å². The Morgan fingerprint density at radius 1 is 1.06 bits per heavy atom. The molecular formula is C31H24F8N4O4. The van der Waals surface area contributed by atoms with Crippen LogP contribution in [0.2, 0.25) is 0 Å². The molecule has 16 heteroatoms. The van der Waals surface area contributed by atoms with E-state index in [1.54, 1.807) is 0 Å². The number of aromatic nitrogens is 2. The predicted octanol–water partition coefficient (Wildman–Crippen LogP) is 5.77. The first-order valence-corrected chi connectivity index (χ1v) is 13.9. The average Bonchev–Trinajstić information content (AvgIpc) is 2.93. The number of nitrogens with one attached hydrogen (secondary N) is 1. The van der Waals surface area contributed by atoms with E-state index in [0.29, 0.717) is 12.1 Å². The highest BCUT2D eigenvalue weighted by atomic mass is 19.4. The number of carbonyl (C=O) groups is 2. The Morgan fingerprint density at radius 2 is 1.72 bits per heavy atom. The second kappa shape index (κ2) is 12.0. The second-order valence-corrected chi connectivity index (χ2v) is 11.0. The quantitative estimate of drug-likeness (QED) is 0.243. The molecule has 2 atom stereocenters. The Bertz CT molecular complexity index is 1950. The lowest BCUT2D eigenvalue weighted by molar-refractivity contribution is -0.159. The van der Waals surface area contributed by atoms with Crippen LogP contribution in [0.1, 0.15) is 33.6 Å². The van der Waals surface area contributed by atoms with Crippen molar-refractivity contribution in [2.45, 2.75) is 44.2 Å². The lowest BCUT2D eigenvalue weighted by Gasteiger charge is -2.43. The van der Waals surface area contributed by atoms with Crippen LogP contribution in [0.4, 0.5) is 40.8 Å². The number of pyridine rings is 2. The number of carbonyl (C=O) groups excluding carboxylic acids is 1. The van der Waals surface area contributed by atoms with Crippen LogP contribution >= 0.6 is 0 Å². The molecule has 1 aliphatic heterocycles. The molecule has 0 bridgehead atoms. The van der Waals surface area contributed by atoms with Crippen molar-refractivity contribution in [2.75, 3.05) is 11.4 Å². The number of rotatable bonds is 7. The Morgan fingerprint density at radius 3 is 2.28 bits per heavy atom. The maximum Gasteiger partial charge on any atom is 0.417 e. The summed E-state index contributed by atoms with van der Waals surface area (Å²) in [6.07, 6.45) is -9.13. The Labute approximate surface area is 260 Å². The van der Waals surface area contributed by atoms with Gasteiger partial charge in [0.05, 0.1) is 16.6 Å². The number of halogens is 8. The molecule has 0 unspecified atom stereocenters. The highest BCUT2D eigenvalue weighted by Crippen LogP contribution is 2.40. The molecule has 1 aliphatic rings. The van der Waals surface area contributed by atoms with E-state index in [1.165, 1.54) is 38.4 Å². The first-order valence-electron chi connectivity index (χ1n) is 13.9. The summed E-state index contributed by atoms with van der Waals surface area (Å²) < 4.78 is 113. The van der Waals surface area contributed by atoms with Crippen molar-refractivity contribution in [2.24, 2.45) is 7.05 Å². The Kier molecular flexibility index (Phi) is 8.49. The molecule has 2 aromatic heterocycles. The molecule has 8 nitrogen and oxygen atoms in total. The maximum absolute atomic E-state index is 14.9. The zero-order chi connectivity index (χ0) is 34.6. The number of amides is 1. The smallest absolute Gasteiger partial charge is 0.417 e. The maximum atomic E-state index is 14.9. The minimum atomic E-state index is -4.91. The molecular weight excluding hydrogens is 644 g/mol. The molecule has 2 aromatic carbocycles. The molecule has 0 aliphatic carbocycles. The molecule has 4 aromatic rings. The third kappa shape index (κ3) is 6.23. The third-order valence-corrected chi connectivity index (χ3v) is 8.12. The van der Waals surface area contributed by atoms with Crippen LogP contribution < -0.4 is 15.8 Å². The largest absolute Gasteiger partial charge is 0.480 e. The number of hydrogen-bond acceptors (Lipinski definition) is 5. The van der Waals surface area contributed by atoms with Crippen molar-refractivity contribution in [3.8, 4) is 11.1 Å². The van der Waals surface area contributed by atoms with Crippen molar-refractivity contribution in [1.29, 1.82) is 0 Å².